The zero-order valence-electron chi connectivity index (χ0n) is 11.0. The molecule has 0 fully saturated rings. The van der Waals surface area contributed by atoms with Gasteiger partial charge >= 0.3 is 5.97 Å². The van der Waals surface area contributed by atoms with Crippen LogP contribution in [0.3, 0.4) is 0 Å². The molecule has 6 nitrogen and oxygen atoms in total. The van der Waals surface area contributed by atoms with Crippen LogP contribution in [0, 0.1) is 6.92 Å². The fourth-order valence-corrected chi connectivity index (χ4v) is 4.13. The summed E-state index contributed by atoms with van der Waals surface area (Å²) >= 11 is 0. The highest BCUT2D eigenvalue weighted by Crippen LogP contribution is 2.29. The van der Waals surface area contributed by atoms with Crippen LogP contribution in [0.15, 0.2) is 12.1 Å². The average Bonchev–Trinajstić information content (AvgIpc) is 2.70. The zero-order valence-corrected chi connectivity index (χ0v) is 11.9. The van der Waals surface area contributed by atoms with Gasteiger partial charge in [0, 0.05) is 24.5 Å². The number of sulfonamides is 1. The molecule has 1 unspecified atom stereocenters. The van der Waals surface area contributed by atoms with Gasteiger partial charge in [0.25, 0.3) is 0 Å². The average molecular weight is 286 g/mol. The smallest absolute Gasteiger partial charge is 0.304 e. The van der Waals surface area contributed by atoms with Gasteiger partial charge in [0.15, 0.2) is 0 Å². The SMILES string of the molecule is Cc1ccc2n1CCN(S(=O)(=O)CCC(=O)O)C2C. The summed E-state index contributed by atoms with van der Waals surface area (Å²) in [6.45, 7) is 4.84. The van der Waals surface area contributed by atoms with Crippen molar-refractivity contribution in [1.82, 2.24) is 8.87 Å². The van der Waals surface area contributed by atoms with Crippen molar-refractivity contribution in [2.24, 2.45) is 0 Å². The van der Waals surface area contributed by atoms with E-state index in [1.165, 1.54) is 4.31 Å². The van der Waals surface area contributed by atoms with Crippen molar-refractivity contribution in [2.75, 3.05) is 12.3 Å². The molecule has 7 heteroatoms. The molecular formula is C12H18N2O4S. The van der Waals surface area contributed by atoms with Crippen LogP contribution in [0.4, 0.5) is 0 Å². The number of carboxylic acids is 1. The molecule has 2 rings (SSSR count). The maximum atomic E-state index is 12.2. The van der Waals surface area contributed by atoms with Crippen LogP contribution in [-0.4, -0.2) is 40.7 Å². The number of aromatic nitrogens is 1. The van der Waals surface area contributed by atoms with Crippen LogP contribution >= 0.6 is 0 Å². The monoisotopic (exact) mass is 286 g/mol. The molecule has 1 aliphatic heterocycles. The maximum absolute atomic E-state index is 12.2. The van der Waals surface area contributed by atoms with Gasteiger partial charge in [-0.15, -0.1) is 0 Å². The van der Waals surface area contributed by atoms with Crippen LogP contribution in [0.2, 0.25) is 0 Å². The van der Waals surface area contributed by atoms with E-state index in [0.717, 1.165) is 11.4 Å². The lowest BCUT2D eigenvalue weighted by Crippen LogP contribution is -2.42. The van der Waals surface area contributed by atoms with Crippen molar-refractivity contribution in [1.29, 1.82) is 0 Å². The van der Waals surface area contributed by atoms with Crippen molar-refractivity contribution < 1.29 is 18.3 Å². The Labute approximate surface area is 112 Å². The molecule has 0 aromatic carbocycles. The molecule has 2 heterocycles. The first-order valence-electron chi connectivity index (χ1n) is 6.20. The van der Waals surface area contributed by atoms with Crippen molar-refractivity contribution in [3.05, 3.63) is 23.5 Å². The highest BCUT2D eigenvalue weighted by molar-refractivity contribution is 7.89. The summed E-state index contributed by atoms with van der Waals surface area (Å²) in [5, 5.41) is 8.62. The molecular weight excluding hydrogens is 268 g/mol. The molecule has 106 valence electrons. The lowest BCUT2D eigenvalue weighted by Gasteiger charge is -2.34. The fourth-order valence-electron chi connectivity index (χ4n) is 2.51. The molecule has 0 aliphatic carbocycles. The largest absolute Gasteiger partial charge is 0.481 e. The molecule has 0 saturated carbocycles. The Kier molecular flexibility index (Phi) is 3.69. The molecule has 1 aromatic rings. The number of carboxylic acid groups (broad SMARTS) is 1. The quantitative estimate of drug-likeness (QED) is 0.894. The van der Waals surface area contributed by atoms with E-state index in [9.17, 15) is 13.2 Å². The van der Waals surface area contributed by atoms with Crippen LogP contribution in [0.1, 0.15) is 30.8 Å². The summed E-state index contributed by atoms with van der Waals surface area (Å²) in [7, 11) is -3.52. The number of fused-ring (bicyclic) bond motifs is 1. The summed E-state index contributed by atoms with van der Waals surface area (Å²) in [5.74, 6) is -1.43. The lowest BCUT2D eigenvalue weighted by atomic mass is 10.2. The third-order valence-electron chi connectivity index (χ3n) is 3.57. The third-order valence-corrected chi connectivity index (χ3v) is 5.50. The summed E-state index contributed by atoms with van der Waals surface area (Å²) in [4.78, 5) is 10.5. The molecule has 1 atom stereocenters. The Morgan fingerprint density at radius 3 is 2.74 bits per heavy atom. The zero-order chi connectivity index (χ0) is 14.2. The molecule has 0 amide bonds. The number of nitrogens with zero attached hydrogens (tertiary/aromatic N) is 2. The summed E-state index contributed by atoms with van der Waals surface area (Å²) in [6, 6.07) is 3.65. The predicted octanol–water partition coefficient (Wildman–Crippen LogP) is 0.978. The first kappa shape index (κ1) is 14.1. The second-order valence-electron chi connectivity index (χ2n) is 4.80. The molecule has 1 aromatic heterocycles. The molecule has 0 saturated heterocycles. The number of hydrogen-bond donors (Lipinski definition) is 1. The van der Waals surface area contributed by atoms with Crippen molar-refractivity contribution in [3.63, 3.8) is 0 Å². The Balaban J connectivity index is 2.22. The van der Waals surface area contributed by atoms with Gasteiger partial charge in [-0.2, -0.15) is 4.31 Å². The normalized spacial score (nSPS) is 20.2. The van der Waals surface area contributed by atoms with Crippen molar-refractivity contribution >= 4 is 16.0 Å². The minimum atomic E-state index is -3.52. The van der Waals surface area contributed by atoms with Gasteiger partial charge in [0.1, 0.15) is 0 Å². The van der Waals surface area contributed by atoms with Gasteiger partial charge in [0.2, 0.25) is 10.0 Å². The summed E-state index contributed by atoms with van der Waals surface area (Å²) in [5.41, 5.74) is 2.08. The third kappa shape index (κ3) is 2.66. The molecule has 1 N–H and O–H groups in total. The fraction of sp³-hybridized carbons (Fsp3) is 0.583. The second-order valence-corrected chi connectivity index (χ2v) is 6.84. The van der Waals surface area contributed by atoms with E-state index in [0.29, 0.717) is 13.1 Å². The van der Waals surface area contributed by atoms with Gasteiger partial charge in [-0.25, -0.2) is 8.42 Å². The van der Waals surface area contributed by atoms with Gasteiger partial charge < -0.3 is 9.67 Å². The van der Waals surface area contributed by atoms with E-state index in [1.807, 2.05) is 26.0 Å². The van der Waals surface area contributed by atoms with Gasteiger partial charge in [-0.3, -0.25) is 4.79 Å². The van der Waals surface area contributed by atoms with E-state index in [4.69, 9.17) is 5.11 Å². The molecule has 0 spiro atoms. The Morgan fingerprint density at radius 1 is 1.42 bits per heavy atom. The van der Waals surface area contributed by atoms with E-state index >= 15 is 0 Å². The Hall–Kier alpha value is -1.34. The van der Waals surface area contributed by atoms with Crippen LogP contribution in [0.25, 0.3) is 0 Å². The first-order valence-corrected chi connectivity index (χ1v) is 7.81. The lowest BCUT2D eigenvalue weighted by molar-refractivity contribution is -0.136. The van der Waals surface area contributed by atoms with Crippen molar-refractivity contribution in [2.45, 2.75) is 32.9 Å². The number of hydrogen-bond acceptors (Lipinski definition) is 3. The number of carbonyl (C=O) groups is 1. The van der Waals surface area contributed by atoms with E-state index in [1.54, 1.807) is 0 Å². The molecule has 19 heavy (non-hydrogen) atoms. The van der Waals surface area contributed by atoms with E-state index in [2.05, 4.69) is 4.57 Å². The number of aryl methyl sites for hydroxylation is 1. The van der Waals surface area contributed by atoms with Gasteiger partial charge in [-0.05, 0) is 26.0 Å². The van der Waals surface area contributed by atoms with E-state index in [-0.39, 0.29) is 18.2 Å². The summed E-state index contributed by atoms with van der Waals surface area (Å²) < 4.78 is 27.9. The highest BCUT2D eigenvalue weighted by atomic mass is 32.2. The topological polar surface area (TPSA) is 79.6 Å². The van der Waals surface area contributed by atoms with Gasteiger partial charge in [0.05, 0.1) is 18.2 Å². The maximum Gasteiger partial charge on any atom is 0.304 e. The first-order chi connectivity index (χ1) is 8.83. The van der Waals surface area contributed by atoms with Crippen LogP contribution in [-0.2, 0) is 21.4 Å². The highest BCUT2D eigenvalue weighted by Gasteiger charge is 2.33. The standard InChI is InChI=1S/C12H18N2O4S/c1-9-3-4-11-10(2)14(7-6-13(9)11)19(17,18)8-5-12(15)16/h3-4,10H,5-8H2,1-2H3,(H,15,16). The van der Waals surface area contributed by atoms with Crippen LogP contribution in [0.5, 0.6) is 0 Å². The second kappa shape index (κ2) is 4.97. The van der Waals surface area contributed by atoms with Crippen LogP contribution < -0.4 is 0 Å². The minimum Gasteiger partial charge on any atom is -0.481 e. The van der Waals surface area contributed by atoms with E-state index < -0.39 is 16.0 Å². The predicted molar refractivity (Wildman–Crippen MR) is 70.3 cm³/mol. The summed E-state index contributed by atoms with van der Waals surface area (Å²) in [6.07, 6.45) is -0.356. The van der Waals surface area contributed by atoms with Crippen molar-refractivity contribution in [3.8, 4) is 0 Å². The Bertz CT molecular complexity index is 591. The van der Waals surface area contributed by atoms with Gasteiger partial charge in [-0.1, -0.05) is 0 Å². The minimum absolute atomic E-state index is 0.249. The Morgan fingerprint density at radius 2 is 2.11 bits per heavy atom. The molecule has 0 bridgehead atoms. The number of rotatable bonds is 4. The molecule has 1 aliphatic rings. The molecule has 0 radical (unpaired) electrons. The number of aliphatic carboxylic acids is 1.